The average Bonchev–Trinajstić information content (AvgIpc) is 2.27. The summed E-state index contributed by atoms with van der Waals surface area (Å²) in [5.41, 5.74) is 1.24. The zero-order valence-corrected chi connectivity index (χ0v) is 14.3. The summed E-state index contributed by atoms with van der Waals surface area (Å²) < 4.78 is 1.05. The zero-order chi connectivity index (χ0) is 13.0. The molecule has 1 aliphatic rings. The van der Waals surface area contributed by atoms with E-state index in [0.717, 1.165) is 34.0 Å². The third kappa shape index (κ3) is 3.96. The molecule has 0 unspecified atom stereocenters. The van der Waals surface area contributed by atoms with Crippen molar-refractivity contribution in [2.24, 2.45) is 0 Å². The highest BCUT2D eigenvalue weighted by molar-refractivity contribution is 9.10. The van der Waals surface area contributed by atoms with Crippen LogP contribution in [-0.2, 0) is 6.54 Å². The Balaban J connectivity index is 2.02. The smallest absolute Gasteiger partial charge is 0.0462 e. The van der Waals surface area contributed by atoms with Crippen molar-refractivity contribution >= 4 is 43.5 Å². The number of halogens is 3. The fourth-order valence-corrected chi connectivity index (χ4v) is 3.26. The van der Waals surface area contributed by atoms with Crippen molar-refractivity contribution in [3.8, 4) is 0 Å². The second-order valence-electron chi connectivity index (χ2n) is 4.83. The summed E-state index contributed by atoms with van der Waals surface area (Å²) in [6, 6.07) is 6.96. The molecule has 0 heterocycles. The minimum absolute atomic E-state index is 0.767. The summed E-state index contributed by atoms with van der Waals surface area (Å²) >= 11 is 13.3. The molecule has 2 rings (SSSR count). The Labute approximate surface area is 131 Å². The fraction of sp³-hybridized carbons (Fsp3) is 0.571. The van der Waals surface area contributed by atoms with Crippen molar-refractivity contribution in [2.45, 2.75) is 38.3 Å². The van der Waals surface area contributed by atoms with Crippen LogP contribution in [0.2, 0.25) is 5.02 Å². The van der Waals surface area contributed by atoms with Gasteiger partial charge in [0.1, 0.15) is 0 Å². The maximum Gasteiger partial charge on any atom is 0.0462 e. The maximum atomic E-state index is 6.31. The Morgan fingerprint density at radius 3 is 2.67 bits per heavy atom. The van der Waals surface area contributed by atoms with Gasteiger partial charge >= 0.3 is 0 Å². The first-order chi connectivity index (χ1) is 8.70. The van der Waals surface area contributed by atoms with Crippen molar-refractivity contribution in [2.75, 3.05) is 11.9 Å². The zero-order valence-electron chi connectivity index (χ0n) is 10.3. The van der Waals surface area contributed by atoms with Gasteiger partial charge < -0.3 is 0 Å². The standard InChI is InChI=1S/C14H18Br2ClN/c15-7-2-8-18(13-3-1-4-13)10-11-5-6-12(16)9-14(11)17/h5-6,9,13H,1-4,7-8,10H2. The molecule has 0 radical (unpaired) electrons. The predicted octanol–water partition coefficient (Wildman–Crippen LogP) is 5.24. The van der Waals surface area contributed by atoms with Crippen molar-refractivity contribution in [1.29, 1.82) is 0 Å². The molecule has 4 heteroatoms. The quantitative estimate of drug-likeness (QED) is 0.595. The Kier molecular flexibility index (Phi) is 5.99. The topological polar surface area (TPSA) is 3.24 Å². The van der Waals surface area contributed by atoms with Gasteiger partial charge in [0, 0.05) is 27.4 Å². The molecule has 100 valence electrons. The molecule has 1 aliphatic carbocycles. The van der Waals surface area contributed by atoms with Crippen LogP contribution in [0.3, 0.4) is 0 Å². The van der Waals surface area contributed by atoms with Crippen molar-refractivity contribution in [3.63, 3.8) is 0 Å². The van der Waals surface area contributed by atoms with E-state index in [0.29, 0.717) is 0 Å². The number of benzene rings is 1. The summed E-state index contributed by atoms with van der Waals surface area (Å²) in [5, 5.41) is 1.94. The Morgan fingerprint density at radius 1 is 1.33 bits per heavy atom. The van der Waals surface area contributed by atoms with Crippen LogP contribution in [0.25, 0.3) is 0 Å². The van der Waals surface area contributed by atoms with Crippen LogP contribution >= 0.6 is 43.5 Å². The highest BCUT2D eigenvalue weighted by Gasteiger charge is 2.24. The van der Waals surface area contributed by atoms with E-state index in [1.54, 1.807) is 0 Å². The van der Waals surface area contributed by atoms with Gasteiger partial charge in [-0.15, -0.1) is 0 Å². The van der Waals surface area contributed by atoms with Crippen molar-refractivity contribution < 1.29 is 0 Å². The number of alkyl halides is 1. The molecule has 0 amide bonds. The van der Waals surface area contributed by atoms with Gasteiger partial charge in [-0.25, -0.2) is 0 Å². The van der Waals surface area contributed by atoms with Crippen LogP contribution in [0, 0.1) is 0 Å². The Bertz CT molecular complexity index is 393. The second-order valence-corrected chi connectivity index (χ2v) is 6.95. The summed E-state index contributed by atoms with van der Waals surface area (Å²) in [5.74, 6) is 0. The summed E-state index contributed by atoms with van der Waals surface area (Å²) in [6.45, 7) is 2.13. The monoisotopic (exact) mass is 393 g/mol. The molecule has 18 heavy (non-hydrogen) atoms. The molecule has 1 aromatic carbocycles. The highest BCUT2D eigenvalue weighted by atomic mass is 79.9. The number of hydrogen-bond donors (Lipinski definition) is 0. The van der Waals surface area contributed by atoms with E-state index in [9.17, 15) is 0 Å². The minimum Gasteiger partial charge on any atom is -0.296 e. The molecule has 0 atom stereocenters. The Morgan fingerprint density at radius 2 is 2.11 bits per heavy atom. The molecule has 0 saturated heterocycles. The largest absolute Gasteiger partial charge is 0.296 e. The lowest BCUT2D eigenvalue weighted by atomic mass is 9.91. The first kappa shape index (κ1) is 14.8. The molecule has 1 saturated carbocycles. The number of hydrogen-bond acceptors (Lipinski definition) is 1. The summed E-state index contributed by atoms with van der Waals surface area (Å²) in [4.78, 5) is 2.58. The molecule has 0 aliphatic heterocycles. The van der Waals surface area contributed by atoms with Gasteiger partial charge in [-0.3, -0.25) is 4.90 Å². The molecule has 0 spiro atoms. The van der Waals surface area contributed by atoms with Crippen LogP contribution in [0.5, 0.6) is 0 Å². The molecular weight excluding hydrogens is 377 g/mol. The van der Waals surface area contributed by atoms with Crippen molar-refractivity contribution in [1.82, 2.24) is 4.90 Å². The van der Waals surface area contributed by atoms with Gasteiger partial charge in [0.05, 0.1) is 0 Å². The minimum atomic E-state index is 0.767. The SMILES string of the molecule is Clc1cc(Br)ccc1CN(CCCBr)C1CCC1. The van der Waals surface area contributed by atoms with Gasteiger partial charge in [-0.05, 0) is 43.5 Å². The van der Waals surface area contributed by atoms with E-state index < -0.39 is 0 Å². The molecule has 0 aromatic heterocycles. The van der Waals surface area contributed by atoms with E-state index in [1.165, 1.54) is 31.2 Å². The average molecular weight is 396 g/mol. The molecule has 1 nitrogen and oxygen atoms in total. The molecule has 0 N–H and O–H groups in total. The lowest BCUT2D eigenvalue weighted by molar-refractivity contribution is 0.120. The van der Waals surface area contributed by atoms with Gasteiger partial charge in [0.2, 0.25) is 0 Å². The lowest BCUT2D eigenvalue weighted by Crippen LogP contribution is -2.40. The van der Waals surface area contributed by atoms with Crippen molar-refractivity contribution in [3.05, 3.63) is 33.3 Å². The summed E-state index contributed by atoms with van der Waals surface area (Å²) in [6.07, 6.45) is 5.26. The summed E-state index contributed by atoms with van der Waals surface area (Å²) in [7, 11) is 0. The highest BCUT2D eigenvalue weighted by Crippen LogP contribution is 2.29. The molecule has 1 fully saturated rings. The normalized spacial score (nSPS) is 16.0. The first-order valence-corrected chi connectivity index (χ1v) is 8.74. The van der Waals surface area contributed by atoms with Crippen LogP contribution in [0.15, 0.2) is 22.7 Å². The van der Waals surface area contributed by atoms with Gasteiger partial charge in [0.15, 0.2) is 0 Å². The third-order valence-corrected chi connectivity index (χ3v) is 4.96. The molecular formula is C14H18Br2ClN. The maximum absolute atomic E-state index is 6.31. The molecule has 0 bridgehead atoms. The van der Waals surface area contributed by atoms with E-state index in [2.05, 4.69) is 48.9 Å². The fourth-order valence-electron chi connectivity index (χ4n) is 2.27. The van der Waals surface area contributed by atoms with Gasteiger partial charge in [0.25, 0.3) is 0 Å². The first-order valence-electron chi connectivity index (χ1n) is 6.44. The number of rotatable bonds is 6. The van der Waals surface area contributed by atoms with E-state index in [1.807, 2.05) is 6.07 Å². The van der Waals surface area contributed by atoms with Gasteiger partial charge in [-0.1, -0.05) is 55.9 Å². The van der Waals surface area contributed by atoms with Crippen LogP contribution in [0.1, 0.15) is 31.2 Å². The predicted molar refractivity (Wildman–Crippen MR) is 85.6 cm³/mol. The van der Waals surface area contributed by atoms with E-state index >= 15 is 0 Å². The van der Waals surface area contributed by atoms with E-state index in [-0.39, 0.29) is 0 Å². The molecule has 1 aromatic rings. The van der Waals surface area contributed by atoms with Crippen LogP contribution < -0.4 is 0 Å². The van der Waals surface area contributed by atoms with Crippen LogP contribution in [0.4, 0.5) is 0 Å². The number of nitrogens with zero attached hydrogens (tertiary/aromatic N) is 1. The third-order valence-electron chi connectivity index (χ3n) is 3.56. The Hall–Kier alpha value is 0.430. The van der Waals surface area contributed by atoms with Crippen LogP contribution in [-0.4, -0.2) is 22.8 Å². The lowest BCUT2D eigenvalue weighted by Gasteiger charge is -2.37. The van der Waals surface area contributed by atoms with Gasteiger partial charge in [-0.2, -0.15) is 0 Å². The second kappa shape index (κ2) is 7.28. The van der Waals surface area contributed by atoms with E-state index in [4.69, 9.17) is 11.6 Å².